The van der Waals surface area contributed by atoms with Gasteiger partial charge in [-0.1, -0.05) is 24.3 Å². The maximum atomic E-state index is 14.3. The lowest BCUT2D eigenvalue weighted by atomic mass is 9.88. The first-order valence-electron chi connectivity index (χ1n) is 8.08. The molecule has 3 nitrogen and oxygen atoms in total. The van der Waals surface area contributed by atoms with Crippen molar-refractivity contribution >= 4 is 22.9 Å². The van der Waals surface area contributed by atoms with Gasteiger partial charge in [-0.2, -0.15) is 0 Å². The Labute approximate surface area is 153 Å². The van der Waals surface area contributed by atoms with Crippen molar-refractivity contribution in [2.24, 2.45) is 0 Å². The van der Waals surface area contributed by atoms with E-state index in [1.54, 1.807) is 7.11 Å². The molecule has 1 amide bonds. The number of halogens is 2. The van der Waals surface area contributed by atoms with Crippen LogP contribution in [0.15, 0.2) is 47.8 Å². The van der Waals surface area contributed by atoms with Gasteiger partial charge in [0.1, 0.15) is 5.75 Å². The summed E-state index contributed by atoms with van der Waals surface area (Å²) in [5, 5.41) is 4.83. The lowest BCUT2D eigenvalue weighted by molar-refractivity contribution is -0.116. The van der Waals surface area contributed by atoms with E-state index in [1.807, 2.05) is 29.6 Å². The van der Waals surface area contributed by atoms with Gasteiger partial charge in [0.05, 0.1) is 12.8 Å². The van der Waals surface area contributed by atoms with Crippen molar-refractivity contribution in [3.05, 3.63) is 69.9 Å². The molecule has 0 bridgehead atoms. The predicted octanol–water partition coefficient (Wildman–Crippen LogP) is 5.18. The molecule has 1 atom stereocenters. The predicted molar refractivity (Wildman–Crippen MR) is 97.8 cm³/mol. The average Bonchev–Trinajstić information content (AvgIpc) is 3.07. The molecule has 6 heteroatoms. The summed E-state index contributed by atoms with van der Waals surface area (Å²) in [7, 11) is 1.60. The van der Waals surface area contributed by atoms with Gasteiger partial charge < -0.3 is 10.1 Å². The highest BCUT2D eigenvalue weighted by molar-refractivity contribution is 7.11. The standard InChI is InChI=1S/C20H15F2NO2S/c1-25-12-7-5-11(6-8-12)15-10-26-20-14(9-17(24)23-19(15)20)13-3-2-4-16(21)18(13)22/h2-8,10,14H,9H2,1H3,(H,23,24)/t14-/m0/s1. The van der Waals surface area contributed by atoms with E-state index in [9.17, 15) is 13.6 Å². The first-order chi connectivity index (χ1) is 12.6. The summed E-state index contributed by atoms with van der Waals surface area (Å²) in [5.41, 5.74) is 2.67. The number of hydrogen-bond acceptors (Lipinski definition) is 3. The molecular formula is C20H15F2NO2S. The van der Waals surface area contributed by atoms with Crippen LogP contribution in [0.5, 0.6) is 5.75 Å². The quantitative estimate of drug-likeness (QED) is 0.689. The number of ether oxygens (including phenoxy) is 1. The van der Waals surface area contributed by atoms with Crippen LogP contribution in [0.1, 0.15) is 22.8 Å². The van der Waals surface area contributed by atoms with Crippen molar-refractivity contribution in [1.29, 1.82) is 0 Å². The van der Waals surface area contributed by atoms with Crippen LogP contribution in [0.2, 0.25) is 0 Å². The summed E-state index contributed by atoms with van der Waals surface area (Å²) >= 11 is 1.44. The fraction of sp³-hybridized carbons (Fsp3) is 0.150. The molecule has 0 saturated carbocycles. The van der Waals surface area contributed by atoms with Gasteiger partial charge in [-0.25, -0.2) is 8.78 Å². The molecule has 0 radical (unpaired) electrons. The highest BCUT2D eigenvalue weighted by Crippen LogP contribution is 2.47. The second-order valence-electron chi connectivity index (χ2n) is 6.07. The molecule has 26 heavy (non-hydrogen) atoms. The number of nitrogens with one attached hydrogen (secondary N) is 1. The molecule has 3 aromatic rings. The minimum atomic E-state index is -0.901. The van der Waals surface area contributed by atoms with E-state index in [0.29, 0.717) is 5.69 Å². The van der Waals surface area contributed by atoms with Crippen molar-refractivity contribution in [2.75, 3.05) is 12.4 Å². The molecule has 4 rings (SSSR count). The first kappa shape index (κ1) is 16.7. The normalized spacial score (nSPS) is 16.1. The third kappa shape index (κ3) is 2.76. The summed E-state index contributed by atoms with van der Waals surface area (Å²) < 4.78 is 33.1. The summed E-state index contributed by atoms with van der Waals surface area (Å²) in [5.74, 6) is -1.76. The Bertz CT molecular complexity index is 982. The lowest BCUT2D eigenvalue weighted by Gasteiger charge is -2.24. The number of anilines is 1. The maximum absolute atomic E-state index is 14.3. The zero-order valence-electron chi connectivity index (χ0n) is 13.9. The lowest BCUT2D eigenvalue weighted by Crippen LogP contribution is -2.23. The van der Waals surface area contributed by atoms with E-state index in [1.165, 1.54) is 23.5 Å². The van der Waals surface area contributed by atoms with Crippen molar-refractivity contribution in [1.82, 2.24) is 0 Å². The third-order valence-corrected chi connectivity index (χ3v) is 5.64. The van der Waals surface area contributed by atoms with Crippen LogP contribution < -0.4 is 10.1 Å². The molecule has 0 fully saturated rings. The average molecular weight is 371 g/mol. The highest BCUT2D eigenvalue weighted by atomic mass is 32.1. The fourth-order valence-corrected chi connectivity index (χ4v) is 4.40. The van der Waals surface area contributed by atoms with Crippen molar-refractivity contribution < 1.29 is 18.3 Å². The Hall–Kier alpha value is -2.73. The van der Waals surface area contributed by atoms with Gasteiger partial charge in [0.25, 0.3) is 0 Å². The van der Waals surface area contributed by atoms with E-state index in [0.717, 1.165) is 27.8 Å². The Morgan fingerprint density at radius 3 is 2.65 bits per heavy atom. The van der Waals surface area contributed by atoms with Crippen LogP contribution in [0.3, 0.4) is 0 Å². The Kier molecular flexibility index (Phi) is 4.20. The first-order valence-corrected chi connectivity index (χ1v) is 8.96. The SMILES string of the molecule is COc1ccc(-c2csc3c2NC(=O)C[C@H]3c2cccc(F)c2F)cc1. The number of fused-ring (bicyclic) bond motifs is 1. The van der Waals surface area contributed by atoms with Crippen LogP contribution in [-0.4, -0.2) is 13.0 Å². The van der Waals surface area contributed by atoms with Gasteiger partial charge in [-0.05, 0) is 29.3 Å². The zero-order chi connectivity index (χ0) is 18.3. The Balaban J connectivity index is 1.81. The molecule has 1 aliphatic rings. The molecule has 0 spiro atoms. The third-order valence-electron chi connectivity index (χ3n) is 4.55. The molecule has 1 aromatic heterocycles. The second kappa shape index (κ2) is 6.53. The summed E-state index contributed by atoms with van der Waals surface area (Å²) in [6.07, 6.45) is 0.0932. The number of benzene rings is 2. The Morgan fingerprint density at radius 1 is 1.15 bits per heavy atom. The van der Waals surface area contributed by atoms with Gasteiger partial charge in [0.15, 0.2) is 11.6 Å². The summed E-state index contributed by atoms with van der Waals surface area (Å²) in [6.45, 7) is 0. The van der Waals surface area contributed by atoms with E-state index in [-0.39, 0.29) is 17.9 Å². The molecule has 132 valence electrons. The molecule has 1 aliphatic heterocycles. The van der Waals surface area contributed by atoms with E-state index in [2.05, 4.69) is 5.32 Å². The minimum Gasteiger partial charge on any atom is -0.497 e. The second-order valence-corrected chi connectivity index (χ2v) is 6.98. The number of carbonyl (C=O) groups is 1. The summed E-state index contributed by atoms with van der Waals surface area (Å²) in [4.78, 5) is 13.1. The molecule has 0 aliphatic carbocycles. The van der Waals surface area contributed by atoms with Gasteiger partial charge >= 0.3 is 0 Å². The van der Waals surface area contributed by atoms with Gasteiger partial charge in [-0.3, -0.25) is 4.79 Å². The van der Waals surface area contributed by atoms with Crippen LogP contribution >= 0.6 is 11.3 Å². The smallest absolute Gasteiger partial charge is 0.225 e. The van der Waals surface area contributed by atoms with E-state index in [4.69, 9.17) is 4.74 Å². The van der Waals surface area contributed by atoms with Crippen molar-refractivity contribution in [3.8, 4) is 16.9 Å². The molecule has 0 unspecified atom stereocenters. The van der Waals surface area contributed by atoms with Crippen LogP contribution in [0.4, 0.5) is 14.5 Å². The van der Waals surface area contributed by atoms with Gasteiger partial charge in [0, 0.05) is 28.2 Å². The number of thiophene rings is 1. The molecule has 2 aromatic carbocycles. The van der Waals surface area contributed by atoms with Gasteiger partial charge in [0.2, 0.25) is 5.91 Å². The summed E-state index contributed by atoms with van der Waals surface area (Å²) in [6, 6.07) is 11.6. The monoisotopic (exact) mass is 371 g/mol. The zero-order valence-corrected chi connectivity index (χ0v) is 14.7. The van der Waals surface area contributed by atoms with Crippen LogP contribution in [0.25, 0.3) is 11.1 Å². The van der Waals surface area contributed by atoms with Gasteiger partial charge in [-0.15, -0.1) is 11.3 Å². The number of methoxy groups -OCH3 is 1. The van der Waals surface area contributed by atoms with E-state index < -0.39 is 17.6 Å². The van der Waals surface area contributed by atoms with Crippen molar-refractivity contribution in [3.63, 3.8) is 0 Å². The molecule has 0 saturated heterocycles. The maximum Gasteiger partial charge on any atom is 0.225 e. The number of carbonyl (C=O) groups excluding carboxylic acids is 1. The van der Waals surface area contributed by atoms with Crippen LogP contribution in [-0.2, 0) is 4.79 Å². The minimum absolute atomic E-state index is 0.0932. The number of amides is 1. The molecule has 1 N–H and O–H groups in total. The number of rotatable bonds is 3. The van der Waals surface area contributed by atoms with Crippen molar-refractivity contribution in [2.45, 2.75) is 12.3 Å². The molecular weight excluding hydrogens is 356 g/mol. The fourth-order valence-electron chi connectivity index (χ4n) is 3.25. The number of hydrogen-bond donors (Lipinski definition) is 1. The topological polar surface area (TPSA) is 38.3 Å². The Morgan fingerprint density at radius 2 is 1.92 bits per heavy atom. The van der Waals surface area contributed by atoms with Crippen LogP contribution in [0, 0.1) is 11.6 Å². The largest absolute Gasteiger partial charge is 0.497 e. The van der Waals surface area contributed by atoms with E-state index >= 15 is 0 Å². The highest BCUT2D eigenvalue weighted by Gasteiger charge is 2.32. The molecule has 2 heterocycles.